The van der Waals surface area contributed by atoms with E-state index < -0.39 is 28.5 Å². The summed E-state index contributed by atoms with van der Waals surface area (Å²) in [7, 11) is 1.26. The van der Waals surface area contributed by atoms with Crippen molar-refractivity contribution in [2.24, 2.45) is 0 Å². The van der Waals surface area contributed by atoms with Crippen LogP contribution in [0.1, 0.15) is 32.8 Å². The molecule has 0 radical (unpaired) electrons. The van der Waals surface area contributed by atoms with Gasteiger partial charge in [0.25, 0.3) is 10.0 Å². The summed E-state index contributed by atoms with van der Waals surface area (Å²) in [6.45, 7) is 4.88. The second-order valence-corrected chi connectivity index (χ2v) is 11.9. The van der Waals surface area contributed by atoms with E-state index in [0.29, 0.717) is 17.9 Å². The van der Waals surface area contributed by atoms with Gasteiger partial charge in [-0.1, -0.05) is 37.3 Å². The van der Waals surface area contributed by atoms with E-state index in [0.717, 1.165) is 9.87 Å². The maximum Gasteiger partial charge on any atom is 0.265 e. The Bertz CT molecular complexity index is 1530. The number of ether oxygens (including phenoxy) is 4. The Morgan fingerprint density at radius 3 is 2.05 bits per heavy atom. The van der Waals surface area contributed by atoms with Crippen LogP contribution in [0.5, 0.6) is 23.0 Å². The third-order valence-electron chi connectivity index (χ3n) is 7.24. The maximum absolute atomic E-state index is 14.4. The van der Waals surface area contributed by atoms with Gasteiger partial charge in [0.15, 0.2) is 11.5 Å². The largest absolute Gasteiger partial charge is 0.497 e. The second-order valence-electron chi connectivity index (χ2n) is 10.1. The molecule has 11 nitrogen and oxygen atoms in total. The fourth-order valence-electron chi connectivity index (χ4n) is 4.44. The first-order valence-electron chi connectivity index (χ1n) is 14.1. The van der Waals surface area contributed by atoms with E-state index in [1.54, 1.807) is 19.1 Å². The predicted molar refractivity (Wildman–Crippen MR) is 168 cm³/mol. The molecule has 3 aromatic carbocycles. The van der Waals surface area contributed by atoms with Gasteiger partial charge in [-0.3, -0.25) is 13.9 Å². The number of hydrogen-bond donors (Lipinski definition) is 1. The zero-order valence-corrected chi connectivity index (χ0v) is 27.0. The van der Waals surface area contributed by atoms with E-state index in [1.165, 1.54) is 57.6 Å². The monoisotopic (exact) mass is 627 g/mol. The summed E-state index contributed by atoms with van der Waals surface area (Å²) >= 11 is 0. The van der Waals surface area contributed by atoms with Crippen molar-refractivity contribution in [2.45, 2.75) is 50.7 Å². The molecule has 1 N–H and O–H groups in total. The number of carbonyl (C=O) groups is 2. The van der Waals surface area contributed by atoms with Crippen LogP contribution in [0.15, 0.2) is 71.6 Å². The molecule has 0 spiro atoms. The zero-order chi connectivity index (χ0) is 32.4. The highest BCUT2D eigenvalue weighted by molar-refractivity contribution is 7.92. The van der Waals surface area contributed by atoms with E-state index in [9.17, 15) is 18.0 Å². The molecule has 3 aromatic rings. The van der Waals surface area contributed by atoms with Crippen molar-refractivity contribution in [1.29, 1.82) is 0 Å². The van der Waals surface area contributed by atoms with E-state index >= 15 is 0 Å². The summed E-state index contributed by atoms with van der Waals surface area (Å²) in [5, 5.41) is 2.92. The van der Waals surface area contributed by atoms with Gasteiger partial charge in [-0.25, -0.2) is 8.42 Å². The molecule has 0 saturated carbocycles. The predicted octanol–water partition coefficient (Wildman–Crippen LogP) is 4.25. The van der Waals surface area contributed by atoms with E-state index in [1.807, 2.05) is 44.2 Å². The molecule has 0 aliphatic heterocycles. The molecule has 0 unspecified atom stereocenters. The summed E-state index contributed by atoms with van der Waals surface area (Å²) in [6, 6.07) is 17.0. The molecule has 0 heterocycles. The highest BCUT2D eigenvalue weighted by Crippen LogP contribution is 2.37. The lowest BCUT2D eigenvalue weighted by Gasteiger charge is -2.33. The van der Waals surface area contributed by atoms with Gasteiger partial charge in [0.05, 0.1) is 39.0 Å². The van der Waals surface area contributed by atoms with Crippen molar-refractivity contribution in [3.8, 4) is 23.0 Å². The van der Waals surface area contributed by atoms with Gasteiger partial charge >= 0.3 is 0 Å². The fraction of sp³-hybridized carbons (Fsp3) is 0.375. The van der Waals surface area contributed by atoms with Crippen molar-refractivity contribution in [3.63, 3.8) is 0 Å². The second kappa shape index (κ2) is 15.3. The van der Waals surface area contributed by atoms with Gasteiger partial charge in [-0.05, 0) is 50.1 Å². The van der Waals surface area contributed by atoms with Crippen LogP contribution >= 0.6 is 0 Å². The number of nitrogens with one attached hydrogen (secondary N) is 1. The summed E-state index contributed by atoms with van der Waals surface area (Å²) in [4.78, 5) is 28.7. The zero-order valence-electron chi connectivity index (χ0n) is 26.2. The van der Waals surface area contributed by atoms with E-state index in [-0.39, 0.29) is 40.6 Å². The molecular weight excluding hydrogens is 586 g/mol. The summed E-state index contributed by atoms with van der Waals surface area (Å²) < 4.78 is 51.2. The van der Waals surface area contributed by atoms with Crippen molar-refractivity contribution in [1.82, 2.24) is 10.2 Å². The third-order valence-corrected chi connectivity index (χ3v) is 9.00. The third kappa shape index (κ3) is 7.93. The minimum Gasteiger partial charge on any atom is -0.497 e. The Morgan fingerprint density at radius 2 is 1.45 bits per heavy atom. The molecule has 0 fully saturated rings. The van der Waals surface area contributed by atoms with Gasteiger partial charge in [0.2, 0.25) is 11.8 Å². The lowest BCUT2D eigenvalue weighted by Crippen LogP contribution is -2.52. The van der Waals surface area contributed by atoms with Crippen molar-refractivity contribution < 1.29 is 37.0 Å². The average Bonchev–Trinajstić information content (AvgIpc) is 3.05. The smallest absolute Gasteiger partial charge is 0.265 e. The van der Waals surface area contributed by atoms with Crippen LogP contribution in [0.2, 0.25) is 0 Å². The number of carbonyl (C=O) groups excluding carboxylic acids is 2. The molecular formula is C32H41N3O8S. The van der Waals surface area contributed by atoms with Crippen LogP contribution in [0.4, 0.5) is 5.69 Å². The number of benzene rings is 3. The molecule has 0 saturated heterocycles. The first-order chi connectivity index (χ1) is 21.0. The van der Waals surface area contributed by atoms with Gasteiger partial charge < -0.3 is 29.2 Å². The van der Waals surface area contributed by atoms with E-state index in [2.05, 4.69) is 5.32 Å². The lowest BCUT2D eigenvalue weighted by atomic mass is 10.1. The van der Waals surface area contributed by atoms with Crippen LogP contribution in [0, 0.1) is 0 Å². The number of anilines is 1. The van der Waals surface area contributed by atoms with E-state index in [4.69, 9.17) is 18.9 Å². The number of nitrogens with zero attached hydrogens (tertiary/aromatic N) is 2. The van der Waals surface area contributed by atoms with Crippen LogP contribution in [0.25, 0.3) is 0 Å². The first kappa shape index (κ1) is 34.0. The minimum absolute atomic E-state index is 0.0753. The van der Waals surface area contributed by atoms with Crippen molar-refractivity contribution in [3.05, 3.63) is 72.3 Å². The Hall–Kier alpha value is -4.45. The average molecular weight is 628 g/mol. The fourth-order valence-corrected chi connectivity index (χ4v) is 5.87. The quantitative estimate of drug-likeness (QED) is 0.265. The molecule has 3 rings (SSSR count). The Morgan fingerprint density at radius 1 is 0.818 bits per heavy atom. The number of methoxy groups -OCH3 is 4. The summed E-state index contributed by atoms with van der Waals surface area (Å²) in [5.74, 6) is 0.121. The Labute approximate surface area is 259 Å². The molecule has 0 aliphatic rings. The number of sulfonamides is 1. The minimum atomic E-state index is -4.43. The molecule has 2 amide bonds. The molecule has 0 bridgehead atoms. The number of hydrogen-bond acceptors (Lipinski definition) is 8. The lowest BCUT2D eigenvalue weighted by molar-refractivity contribution is -0.139. The summed E-state index contributed by atoms with van der Waals surface area (Å²) in [5.41, 5.74) is 0.851. The number of rotatable bonds is 15. The van der Waals surface area contributed by atoms with Crippen LogP contribution in [0.3, 0.4) is 0 Å². The van der Waals surface area contributed by atoms with Crippen molar-refractivity contribution >= 4 is 27.5 Å². The van der Waals surface area contributed by atoms with Gasteiger partial charge in [-0.15, -0.1) is 0 Å². The summed E-state index contributed by atoms with van der Waals surface area (Å²) in [6.07, 6.45) is 0.706. The molecule has 0 aromatic heterocycles. The normalized spacial score (nSPS) is 12.4. The van der Waals surface area contributed by atoms with Crippen LogP contribution in [-0.2, 0) is 26.2 Å². The topological polar surface area (TPSA) is 124 Å². The first-order valence-corrected chi connectivity index (χ1v) is 15.5. The van der Waals surface area contributed by atoms with Gasteiger partial charge in [0, 0.05) is 24.7 Å². The molecule has 0 aliphatic carbocycles. The highest BCUT2D eigenvalue weighted by atomic mass is 32.2. The maximum atomic E-state index is 14.4. The van der Waals surface area contributed by atoms with Gasteiger partial charge in [0.1, 0.15) is 24.1 Å². The standard InChI is InChI=1S/C32H41N3O8S/c1-8-22(2)33-32(37)23(3)34(20-24-12-10-9-11-13-24)31(36)21-35(27-18-25(40-4)14-16-28(27)41-5)44(38,39)26-15-17-29(42-6)30(19-26)43-7/h9-19,22-23H,8,20-21H2,1-7H3,(H,33,37)/t22-,23+/m0/s1. The SMILES string of the molecule is CC[C@H](C)NC(=O)[C@@H](C)N(Cc1ccccc1)C(=O)CN(c1cc(OC)ccc1OC)S(=O)(=O)c1ccc(OC)c(OC)c1. The molecule has 238 valence electrons. The highest BCUT2D eigenvalue weighted by Gasteiger charge is 2.34. The van der Waals surface area contributed by atoms with Crippen LogP contribution in [-0.4, -0.2) is 72.2 Å². The van der Waals surface area contributed by atoms with Crippen molar-refractivity contribution in [2.75, 3.05) is 39.3 Å². The molecule has 2 atom stereocenters. The molecule has 12 heteroatoms. The molecule has 44 heavy (non-hydrogen) atoms. The Kier molecular flexibility index (Phi) is 11.9. The van der Waals surface area contributed by atoms with Gasteiger partial charge in [-0.2, -0.15) is 0 Å². The number of amides is 2. The van der Waals surface area contributed by atoms with Crippen LogP contribution < -0.4 is 28.6 Å². The Balaban J connectivity index is 2.15.